The van der Waals surface area contributed by atoms with Crippen molar-refractivity contribution in [1.82, 2.24) is 4.90 Å². The van der Waals surface area contributed by atoms with Gasteiger partial charge in [-0.1, -0.05) is 51.0 Å². The quantitative estimate of drug-likeness (QED) is 0.867. The molecule has 0 aliphatic heterocycles. The molecule has 1 saturated carbocycles. The van der Waals surface area contributed by atoms with Gasteiger partial charge in [0.25, 0.3) is 0 Å². The predicted octanol–water partition coefficient (Wildman–Crippen LogP) is 2.90. The largest absolute Gasteiger partial charge is 0.340 e. The number of nitrogens with zero attached hydrogens (tertiary/aromatic N) is 1. The Hall–Kier alpha value is -1.35. The standard InChI is InChI=1S/C17H26N2O/c1-12(2)15-7-5-4-6-14(15)11-19(3)17(20)16(18)10-13-8-9-13/h4-7,12-13,16H,8-11,18H2,1-3H3. The van der Waals surface area contributed by atoms with Crippen LogP contribution in [0, 0.1) is 5.92 Å². The average Bonchev–Trinajstić information content (AvgIpc) is 3.22. The van der Waals surface area contributed by atoms with Crippen LogP contribution in [0.3, 0.4) is 0 Å². The topological polar surface area (TPSA) is 46.3 Å². The highest BCUT2D eigenvalue weighted by molar-refractivity contribution is 5.81. The number of hydrogen-bond donors (Lipinski definition) is 1. The lowest BCUT2D eigenvalue weighted by Gasteiger charge is -2.23. The molecule has 0 bridgehead atoms. The zero-order valence-electron chi connectivity index (χ0n) is 12.8. The van der Waals surface area contributed by atoms with Crippen LogP contribution < -0.4 is 5.73 Å². The number of carbonyl (C=O) groups is 1. The smallest absolute Gasteiger partial charge is 0.239 e. The van der Waals surface area contributed by atoms with E-state index in [9.17, 15) is 4.79 Å². The van der Waals surface area contributed by atoms with E-state index >= 15 is 0 Å². The van der Waals surface area contributed by atoms with Crippen LogP contribution in [0.15, 0.2) is 24.3 Å². The van der Waals surface area contributed by atoms with Gasteiger partial charge in [0.1, 0.15) is 0 Å². The number of nitrogens with two attached hydrogens (primary N) is 1. The lowest BCUT2D eigenvalue weighted by Crippen LogP contribution is -2.41. The number of rotatable bonds is 6. The lowest BCUT2D eigenvalue weighted by atomic mass is 9.97. The Morgan fingerprint density at radius 2 is 2.00 bits per heavy atom. The minimum Gasteiger partial charge on any atom is -0.340 e. The number of likely N-dealkylation sites (N-methyl/N-ethyl adjacent to an activating group) is 1. The van der Waals surface area contributed by atoms with Gasteiger partial charge in [-0.2, -0.15) is 0 Å². The highest BCUT2D eigenvalue weighted by atomic mass is 16.2. The first-order valence-corrected chi connectivity index (χ1v) is 7.57. The Bertz CT molecular complexity index is 466. The zero-order valence-corrected chi connectivity index (χ0v) is 12.8. The fourth-order valence-corrected chi connectivity index (χ4v) is 2.67. The normalized spacial score (nSPS) is 16.2. The maximum atomic E-state index is 12.3. The molecule has 1 atom stereocenters. The Morgan fingerprint density at radius 1 is 1.35 bits per heavy atom. The molecular weight excluding hydrogens is 248 g/mol. The van der Waals surface area contributed by atoms with Crippen molar-refractivity contribution in [2.24, 2.45) is 11.7 Å². The molecule has 1 aromatic carbocycles. The number of carbonyl (C=O) groups excluding carboxylic acids is 1. The molecule has 1 aliphatic rings. The van der Waals surface area contributed by atoms with Gasteiger partial charge < -0.3 is 10.6 Å². The second kappa shape index (κ2) is 6.40. The highest BCUT2D eigenvalue weighted by Crippen LogP contribution is 2.33. The molecule has 1 aliphatic carbocycles. The van der Waals surface area contributed by atoms with E-state index in [2.05, 4.69) is 32.0 Å². The van der Waals surface area contributed by atoms with Crippen molar-refractivity contribution in [2.75, 3.05) is 7.05 Å². The minimum absolute atomic E-state index is 0.0652. The molecule has 3 heteroatoms. The Balaban J connectivity index is 1.99. The van der Waals surface area contributed by atoms with E-state index in [4.69, 9.17) is 5.73 Å². The molecule has 3 nitrogen and oxygen atoms in total. The summed E-state index contributed by atoms with van der Waals surface area (Å²) in [5.41, 5.74) is 8.55. The predicted molar refractivity (Wildman–Crippen MR) is 82.3 cm³/mol. The van der Waals surface area contributed by atoms with E-state index < -0.39 is 0 Å². The Kier molecular flexibility index (Phi) is 4.81. The summed E-state index contributed by atoms with van der Waals surface area (Å²) < 4.78 is 0. The maximum absolute atomic E-state index is 12.3. The molecule has 1 aromatic rings. The third-order valence-corrected chi connectivity index (χ3v) is 4.06. The summed E-state index contributed by atoms with van der Waals surface area (Å²) in [5, 5.41) is 0. The molecule has 0 saturated heterocycles. The molecule has 0 aromatic heterocycles. The molecule has 0 heterocycles. The second-order valence-corrected chi connectivity index (χ2v) is 6.33. The van der Waals surface area contributed by atoms with E-state index in [1.165, 1.54) is 24.0 Å². The average molecular weight is 274 g/mol. The Morgan fingerprint density at radius 3 is 2.60 bits per heavy atom. The van der Waals surface area contributed by atoms with Crippen molar-refractivity contribution in [2.45, 2.75) is 51.6 Å². The summed E-state index contributed by atoms with van der Waals surface area (Å²) in [6, 6.07) is 8.00. The number of benzene rings is 1. The van der Waals surface area contributed by atoms with Crippen LogP contribution in [-0.2, 0) is 11.3 Å². The molecule has 2 rings (SSSR count). The first-order valence-electron chi connectivity index (χ1n) is 7.57. The third-order valence-electron chi connectivity index (χ3n) is 4.06. The second-order valence-electron chi connectivity index (χ2n) is 6.33. The fourth-order valence-electron chi connectivity index (χ4n) is 2.67. The number of amides is 1. The molecule has 1 fully saturated rings. The van der Waals surface area contributed by atoms with Gasteiger partial charge in [0.15, 0.2) is 0 Å². The SMILES string of the molecule is CC(C)c1ccccc1CN(C)C(=O)C(N)CC1CC1. The molecule has 1 unspecified atom stereocenters. The highest BCUT2D eigenvalue weighted by Gasteiger charge is 2.28. The van der Waals surface area contributed by atoms with Crippen molar-refractivity contribution in [3.05, 3.63) is 35.4 Å². The van der Waals surface area contributed by atoms with Crippen LogP contribution in [0.4, 0.5) is 0 Å². The van der Waals surface area contributed by atoms with Gasteiger partial charge in [0, 0.05) is 13.6 Å². The van der Waals surface area contributed by atoms with Crippen molar-refractivity contribution < 1.29 is 4.79 Å². The first kappa shape index (κ1) is 15.0. The summed E-state index contributed by atoms with van der Waals surface area (Å²) in [7, 11) is 1.85. The van der Waals surface area contributed by atoms with Crippen LogP contribution in [0.5, 0.6) is 0 Å². The van der Waals surface area contributed by atoms with Crippen LogP contribution in [0.25, 0.3) is 0 Å². The van der Waals surface area contributed by atoms with Crippen LogP contribution in [0.1, 0.15) is 50.2 Å². The molecule has 20 heavy (non-hydrogen) atoms. The van der Waals surface area contributed by atoms with E-state index in [1.807, 2.05) is 13.1 Å². The van der Waals surface area contributed by atoms with Gasteiger partial charge in [0.05, 0.1) is 6.04 Å². The number of hydrogen-bond acceptors (Lipinski definition) is 2. The van der Waals surface area contributed by atoms with Crippen molar-refractivity contribution in [1.29, 1.82) is 0 Å². The monoisotopic (exact) mass is 274 g/mol. The van der Waals surface area contributed by atoms with Gasteiger partial charge in [-0.05, 0) is 29.4 Å². The summed E-state index contributed by atoms with van der Waals surface area (Å²) in [4.78, 5) is 14.1. The van der Waals surface area contributed by atoms with E-state index in [0.29, 0.717) is 18.4 Å². The van der Waals surface area contributed by atoms with Crippen LogP contribution in [0.2, 0.25) is 0 Å². The summed E-state index contributed by atoms with van der Waals surface area (Å²) in [6.07, 6.45) is 3.32. The van der Waals surface area contributed by atoms with Crippen molar-refractivity contribution in [3.8, 4) is 0 Å². The maximum Gasteiger partial charge on any atom is 0.239 e. The van der Waals surface area contributed by atoms with Crippen LogP contribution in [-0.4, -0.2) is 23.9 Å². The molecule has 2 N–H and O–H groups in total. The first-order chi connectivity index (χ1) is 9.49. The molecule has 0 spiro atoms. The molecular formula is C17H26N2O. The van der Waals surface area contributed by atoms with Gasteiger partial charge in [-0.25, -0.2) is 0 Å². The third kappa shape index (κ3) is 3.83. The van der Waals surface area contributed by atoms with Crippen molar-refractivity contribution in [3.63, 3.8) is 0 Å². The van der Waals surface area contributed by atoms with Gasteiger partial charge in [-0.3, -0.25) is 4.79 Å². The summed E-state index contributed by atoms with van der Waals surface area (Å²) in [5.74, 6) is 1.22. The van der Waals surface area contributed by atoms with E-state index in [0.717, 1.165) is 6.42 Å². The van der Waals surface area contributed by atoms with Gasteiger partial charge >= 0.3 is 0 Å². The van der Waals surface area contributed by atoms with Gasteiger partial charge in [-0.15, -0.1) is 0 Å². The molecule has 110 valence electrons. The van der Waals surface area contributed by atoms with Crippen LogP contribution >= 0.6 is 0 Å². The summed E-state index contributed by atoms with van der Waals surface area (Å²) in [6.45, 7) is 5.00. The Labute approximate surface area is 122 Å². The minimum atomic E-state index is -0.335. The fraction of sp³-hybridized carbons (Fsp3) is 0.588. The van der Waals surface area contributed by atoms with Gasteiger partial charge in [0.2, 0.25) is 5.91 Å². The lowest BCUT2D eigenvalue weighted by molar-refractivity contribution is -0.132. The van der Waals surface area contributed by atoms with E-state index in [-0.39, 0.29) is 11.9 Å². The summed E-state index contributed by atoms with van der Waals surface area (Å²) >= 11 is 0. The van der Waals surface area contributed by atoms with E-state index in [1.54, 1.807) is 4.90 Å². The van der Waals surface area contributed by atoms with Crippen molar-refractivity contribution >= 4 is 5.91 Å². The molecule has 0 radical (unpaired) electrons. The molecule has 1 amide bonds. The zero-order chi connectivity index (χ0) is 14.7.